The number of aryl methyl sites for hydroxylation is 1. The quantitative estimate of drug-likeness (QED) is 0.895. The molecule has 1 saturated carbocycles. The van der Waals surface area contributed by atoms with Crippen molar-refractivity contribution in [1.82, 2.24) is 10.3 Å². The molecule has 1 aliphatic heterocycles. The van der Waals surface area contributed by atoms with Crippen LogP contribution in [0.1, 0.15) is 36.3 Å². The van der Waals surface area contributed by atoms with Gasteiger partial charge < -0.3 is 5.32 Å². The minimum Gasteiger partial charge on any atom is -0.359 e. The Labute approximate surface area is 110 Å². The highest BCUT2D eigenvalue weighted by Gasteiger charge is 2.39. The fourth-order valence-corrected chi connectivity index (χ4v) is 4.45. The first-order chi connectivity index (χ1) is 8.27. The third-order valence-corrected chi connectivity index (χ3v) is 5.75. The van der Waals surface area contributed by atoms with Crippen LogP contribution in [-0.4, -0.2) is 21.4 Å². The average molecular weight is 267 g/mol. The lowest BCUT2D eigenvalue weighted by molar-refractivity contribution is 0.452. The maximum absolute atomic E-state index is 4.68. The van der Waals surface area contributed by atoms with Gasteiger partial charge in [-0.2, -0.15) is 0 Å². The second-order valence-electron chi connectivity index (χ2n) is 4.88. The standard InChI is InChI=1S/C12H17N3S2/c1-9-10(17-8-14-9)6-13-11-15-12(7-16-11)4-2-3-5-12/h8H,2-7H2,1H3,(H,13,15). The molecular formula is C12H17N3S2. The number of aliphatic imine (C=N–C) groups is 1. The molecule has 3 nitrogen and oxygen atoms in total. The molecule has 0 radical (unpaired) electrons. The van der Waals surface area contributed by atoms with Gasteiger partial charge in [-0.05, 0) is 19.8 Å². The van der Waals surface area contributed by atoms with Gasteiger partial charge in [0.05, 0.1) is 17.7 Å². The van der Waals surface area contributed by atoms with Gasteiger partial charge in [0.1, 0.15) is 0 Å². The molecule has 0 aromatic carbocycles. The second kappa shape index (κ2) is 4.61. The monoisotopic (exact) mass is 267 g/mol. The van der Waals surface area contributed by atoms with E-state index in [1.165, 1.54) is 36.3 Å². The van der Waals surface area contributed by atoms with Crippen LogP contribution in [-0.2, 0) is 6.54 Å². The van der Waals surface area contributed by atoms with Crippen LogP contribution < -0.4 is 5.32 Å². The number of thioether (sulfide) groups is 1. The van der Waals surface area contributed by atoms with Crippen LogP contribution in [0.3, 0.4) is 0 Å². The van der Waals surface area contributed by atoms with Crippen LogP contribution in [0, 0.1) is 6.92 Å². The summed E-state index contributed by atoms with van der Waals surface area (Å²) >= 11 is 3.59. The highest BCUT2D eigenvalue weighted by Crippen LogP contribution is 2.37. The fourth-order valence-electron chi connectivity index (χ4n) is 2.53. The molecule has 17 heavy (non-hydrogen) atoms. The number of thiazole rings is 1. The summed E-state index contributed by atoms with van der Waals surface area (Å²) in [5, 5.41) is 4.78. The highest BCUT2D eigenvalue weighted by atomic mass is 32.2. The van der Waals surface area contributed by atoms with Crippen LogP contribution in [0.15, 0.2) is 10.5 Å². The number of nitrogens with zero attached hydrogens (tertiary/aromatic N) is 2. The average Bonchev–Trinajstić information content (AvgIpc) is 3.01. The van der Waals surface area contributed by atoms with Gasteiger partial charge >= 0.3 is 0 Å². The Morgan fingerprint density at radius 2 is 2.29 bits per heavy atom. The van der Waals surface area contributed by atoms with Crippen LogP contribution >= 0.6 is 23.1 Å². The Bertz CT molecular complexity index is 433. The smallest absolute Gasteiger partial charge is 0.157 e. The Hall–Kier alpha value is -0.550. The summed E-state index contributed by atoms with van der Waals surface area (Å²) in [5.41, 5.74) is 3.41. The van der Waals surface area contributed by atoms with E-state index in [0.717, 1.165) is 17.4 Å². The Balaban J connectivity index is 1.64. The molecule has 1 aliphatic carbocycles. The molecule has 1 aromatic rings. The summed E-state index contributed by atoms with van der Waals surface area (Å²) in [6.07, 6.45) is 5.38. The molecule has 0 bridgehead atoms. The molecule has 0 amide bonds. The Morgan fingerprint density at radius 1 is 1.47 bits per heavy atom. The molecule has 0 unspecified atom stereocenters. The van der Waals surface area contributed by atoms with Crippen molar-refractivity contribution in [3.63, 3.8) is 0 Å². The maximum atomic E-state index is 4.68. The van der Waals surface area contributed by atoms with Gasteiger partial charge in [-0.15, -0.1) is 11.3 Å². The molecule has 1 spiro atoms. The van der Waals surface area contributed by atoms with E-state index in [0.29, 0.717) is 5.54 Å². The number of nitrogens with one attached hydrogen (secondary N) is 1. The molecule has 92 valence electrons. The van der Waals surface area contributed by atoms with Crippen molar-refractivity contribution in [2.24, 2.45) is 4.99 Å². The minimum absolute atomic E-state index is 0.381. The van der Waals surface area contributed by atoms with E-state index in [-0.39, 0.29) is 0 Å². The highest BCUT2D eigenvalue weighted by molar-refractivity contribution is 8.14. The van der Waals surface area contributed by atoms with Crippen LogP contribution in [0.4, 0.5) is 0 Å². The van der Waals surface area contributed by atoms with E-state index in [2.05, 4.69) is 22.2 Å². The zero-order chi connectivity index (χ0) is 11.7. The lowest BCUT2D eigenvalue weighted by atomic mass is 10.0. The zero-order valence-electron chi connectivity index (χ0n) is 10.0. The van der Waals surface area contributed by atoms with E-state index in [4.69, 9.17) is 0 Å². The first kappa shape index (κ1) is 11.5. The molecule has 0 atom stereocenters. The number of hydrogen-bond acceptors (Lipinski definition) is 4. The minimum atomic E-state index is 0.381. The van der Waals surface area contributed by atoms with Crippen molar-refractivity contribution in [2.45, 2.75) is 44.7 Å². The van der Waals surface area contributed by atoms with E-state index in [9.17, 15) is 0 Å². The topological polar surface area (TPSA) is 37.3 Å². The second-order valence-corrected chi connectivity index (χ2v) is 6.79. The summed E-state index contributed by atoms with van der Waals surface area (Å²) in [6.45, 7) is 2.83. The first-order valence-corrected chi connectivity index (χ1v) is 7.98. The van der Waals surface area contributed by atoms with Crippen molar-refractivity contribution in [2.75, 3.05) is 5.75 Å². The van der Waals surface area contributed by atoms with Crippen LogP contribution in [0.25, 0.3) is 0 Å². The molecule has 2 aliphatic rings. The van der Waals surface area contributed by atoms with E-state index in [1.54, 1.807) is 11.3 Å². The molecular weight excluding hydrogens is 250 g/mol. The fraction of sp³-hybridized carbons (Fsp3) is 0.667. The largest absolute Gasteiger partial charge is 0.359 e. The maximum Gasteiger partial charge on any atom is 0.157 e. The first-order valence-electron chi connectivity index (χ1n) is 6.12. The van der Waals surface area contributed by atoms with E-state index >= 15 is 0 Å². The molecule has 5 heteroatoms. The van der Waals surface area contributed by atoms with Gasteiger partial charge in [-0.1, -0.05) is 24.6 Å². The van der Waals surface area contributed by atoms with Gasteiger partial charge in [0, 0.05) is 16.2 Å². The van der Waals surface area contributed by atoms with Gasteiger partial charge in [-0.3, -0.25) is 4.99 Å². The third-order valence-electron chi connectivity index (χ3n) is 3.63. The van der Waals surface area contributed by atoms with E-state index in [1.807, 2.05) is 17.3 Å². The van der Waals surface area contributed by atoms with Gasteiger partial charge in [0.15, 0.2) is 5.17 Å². The normalized spacial score (nSPS) is 24.6. The SMILES string of the molecule is Cc1ncsc1CN=C1NC2(CCCC2)CS1. The summed E-state index contributed by atoms with van der Waals surface area (Å²) in [7, 11) is 0. The molecule has 2 fully saturated rings. The molecule has 1 saturated heterocycles. The van der Waals surface area contributed by atoms with Crippen molar-refractivity contribution >= 4 is 28.3 Å². The van der Waals surface area contributed by atoms with Crippen molar-refractivity contribution in [3.8, 4) is 0 Å². The number of amidine groups is 1. The molecule has 3 rings (SSSR count). The summed E-state index contributed by atoms with van der Waals surface area (Å²) in [4.78, 5) is 10.2. The van der Waals surface area contributed by atoms with Crippen LogP contribution in [0.2, 0.25) is 0 Å². The van der Waals surface area contributed by atoms with Gasteiger partial charge in [0.25, 0.3) is 0 Å². The Kier molecular flexibility index (Phi) is 3.13. The van der Waals surface area contributed by atoms with Gasteiger partial charge in [0.2, 0.25) is 0 Å². The lowest BCUT2D eigenvalue weighted by Crippen LogP contribution is -2.40. The Morgan fingerprint density at radius 3 is 3.00 bits per heavy atom. The van der Waals surface area contributed by atoms with Crippen molar-refractivity contribution in [3.05, 3.63) is 16.1 Å². The van der Waals surface area contributed by atoms with Crippen LogP contribution in [0.5, 0.6) is 0 Å². The lowest BCUT2D eigenvalue weighted by Gasteiger charge is -2.21. The zero-order valence-corrected chi connectivity index (χ0v) is 11.7. The molecule has 2 heterocycles. The van der Waals surface area contributed by atoms with Crippen molar-refractivity contribution < 1.29 is 0 Å². The van der Waals surface area contributed by atoms with E-state index < -0.39 is 0 Å². The number of aromatic nitrogens is 1. The predicted octanol–water partition coefficient (Wildman–Crippen LogP) is 2.96. The summed E-state index contributed by atoms with van der Waals surface area (Å²) < 4.78 is 0. The number of rotatable bonds is 2. The summed E-state index contributed by atoms with van der Waals surface area (Å²) in [6, 6.07) is 0. The number of hydrogen-bond donors (Lipinski definition) is 1. The predicted molar refractivity (Wildman–Crippen MR) is 74.8 cm³/mol. The van der Waals surface area contributed by atoms with Crippen molar-refractivity contribution in [1.29, 1.82) is 0 Å². The molecule has 1 aromatic heterocycles. The van der Waals surface area contributed by atoms with Gasteiger partial charge in [-0.25, -0.2) is 4.98 Å². The third kappa shape index (κ3) is 2.36. The molecule has 1 N–H and O–H groups in total. The summed E-state index contributed by atoms with van der Waals surface area (Å²) in [5.74, 6) is 1.20.